The molecule has 0 heterocycles. The van der Waals surface area contributed by atoms with Gasteiger partial charge in [0.1, 0.15) is 18.7 Å². The molecule has 0 fully saturated rings. The average Bonchev–Trinajstić information content (AvgIpc) is 3.58. The van der Waals surface area contributed by atoms with E-state index in [1.165, 1.54) is 0 Å². The van der Waals surface area contributed by atoms with Crippen LogP contribution in [0.15, 0.2) is 163 Å². The Bertz CT molecular complexity index is 1670. The number of hydrogen-bond acceptors (Lipinski definition) is 3. The highest BCUT2D eigenvalue weighted by Crippen LogP contribution is 2.63. The van der Waals surface area contributed by atoms with Crippen molar-refractivity contribution in [1.82, 2.24) is 0 Å². The Morgan fingerprint density at radius 1 is 0.600 bits per heavy atom. The van der Waals surface area contributed by atoms with Crippen LogP contribution in [-0.2, 0) is 9.13 Å². The first kappa shape index (κ1) is 26.3. The molecule has 0 aromatic heterocycles. The van der Waals surface area contributed by atoms with Crippen molar-refractivity contribution < 1.29 is 13.9 Å². The Kier molecular flexibility index (Phi) is 7.44. The summed E-state index contributed by atoms with van der Waals surface area (Å²) in [5.41, 5.74) is -0.369. The Balaban J connectivity index is 1.47. The van der Waals surface area contributed by atoms with Crippen molar-refractivity contribution in [1.29, 1.82) is 0 Å². The largest absolute Gasteiger partial charge is 0.460 e. The quantitative estimate of drug-likeness (QED) is 0.210. The van der Waals surface area contributed by atoms with Gasteiger partial charge in [0.05, 0.1) is 11.0 Å². The van der Waals surface area contributed by atoms with E-state index < -0.39 is 14.3 Å². The average molecular weight is 561 g/mol. The van der Waals surface area contributed by atoms with Gasteiger partial charge < -0.3 is 13.9 Å². The van der Waals surface area contributed by atoms with Crippen LogP contribution in [-0.4, -0.2) is 5.66 Å². The minimum Gasteiger partial charge on any atom is -0.460 e. The first-order valence-corrected chi connectivity index (χ1v) is 17.0. The molecule has 5 heteroatoms. The number of benzene rings is 4. The van der Waals surface area contributed by atoms with Crippen molar-refractivity contribution in [3.05, 3.63) is 163 Å². The lowest BCUT2D eigenvalue weighted by atomic mass is 10.1. The van der Waals surface area contributed by atoms with Crippen LogP contribution in [0.4, 0.5) is 0 Å². The molecule has 2 atom stereocenters. The fourth-order valence-corrected chi connectivity index (χ4v) is 11.6. The zero-order chi connectivity index (χ0) is 27.4. The standard InChI is InChI=1S/C35H30O3P2/c36-39(28-16-4-1-5-17-28,29-18-6-2-7-19-29)34-26-14-12-24-32(34)38-33-25-13-15-27-35(33)40(37,31-22-10-11-23-31)30-20-8-3-9-21-30/h1-22,24-26,35H,23,27H2. The van der Waals surface area contributed by atoms with E-state index in [1.54, 1.807) is 0 Å². The lowest BCUT2D eigenvalue weighted by Crippen LogP contribution is -2.28. The normalized spacial score (nSPS) is 18.1. The summed E-state index contributed by atoms with van der Waals surface area (Å²) in [5.74, 6) is 1.14. The number of ether oxygens (including phenoxy) is 1. The molecule has 0 radical (unpaired) electrons. The molecule has 4 aromatic rings. The summed E-state index contributed by atoms with van der Waals surface area (Å²) < 4.78 is 37.1. The topological polar surface area (TPSA) is 43.4 Å². The van der Waals surface area contributed by atoms with Gasteiger partial charge in [-0.2, -0.15) is 0 Å². The maximum Gasteiger partial charge on any atom is 0.174 e. The fourth-order valence-electron chi connectivity index (χ4n) is 5.54. The third kappa shape index (κ3) is 4.71. The molecule has 6 rings (SSSR count). The molecule has 2 aliphatic carbocycles. The van der Waals surface area contributed by atoms with Gasteiger partial charge in [-0.1, -0.05) is 134 Å². The van der Waals surface area contributed by atoms with Gasteiger partial charge >= 0.3 is 0 Å². The molecule has 0 saturated carbocycles. The smallest absolute Gasteiger partial charge is 0.174 e. The fraction of sp³-hybridized carbons (Fsp3) is 0.0857. The SMILES string of the molecule is O=P(c1ccccc1)(c1ccccc1)c1ccccc1OC1=CC=CCC1P(=O)(C1=CC=CC1)c1ccccc1. The lowest BCUT2D eigenvalue weighted by molar-refractivity contribution is 0.404. The van der Waals surface area contributed by atoms with Crippen LogP contribution in [0.5, 0.6) is 5.75 Å². The summed E-state index contributed by atoms with van der Waals surface area (Å²) in [5, 5.41) is 3.86. The third-order valence-electron chi connectivity index (χ3n) is 7.51. The Morgan fingerprint density at radius 3 is 1.75 bits per heavy atom. The molecule has 198 valence electrons. The van der Waals surface area contributed by atoms with Crippen LogP contribution in [0.1, 0.15) is 12.8 Å². The van der Waals surface area contributed by atoms with Gasteiger partial charge in [0.2, 0.25) is 0 Å². The van der Waals surface area contributed by atoms with Crippen LogP contribution in [0.25, 0.3) is 0 Å². The first-order valence-electron chi connectivity index (χ1n) is 13.5. The van der Waals surface area contributed by atoms with Crippen molar-refractivity contribution >= 4 is 35.5 Å². The van der Waals surface area contributed by atoms with E-state index in [9.17, 15) is 0 Å². The van der Waals surface area contributed by atoms with Crippen molar-refractivity contribution in [2.24, 2.45) is 0 Å². The van der Waals surface area contributed by atoms with E-state index in [4.69, 9.17) is 4.74 Å². The van der Waals surface area contributed by atoms with E-state index in [0.717, 1.165) is 21.2 Å². The molecule has 40 heavy (non-hydrogen) atoms. The van der Waals surface area contributed by atoms with Crippen molar-refractivity contribution in [3.63, 3.8) is 0 Å². The zero-order valence-electron chi connectivity index (χ0n) is 22.0. The Labute approximate surface area is 236 Å². The summed E-state index contributed by atoms with van der Waals surface area (Å²) in [6.07, 6.45) is 13.2. The first-order chi connectivity index (χ1) is 19.6. The molecular formula is C35H30O3P2. The predicted molar refractivity (Wildman–Crippen MR) is 168 cm³/mol. The van der Waals surface area contributed by atoms with Gasteiger partial charge in [-0.15, -0.1) is 0 Å². The molecule has 0 amide bonds. The summed E-state index contributed by atoms with van der Waals surface area (Å²) >= 11 is 0. The third-order valence-corrected chi connectivity index (χ3v) is 14.2. The molecule has 0 spiro atoms. The van der Waals surface area contributed by atoms with Gasteiger partial charge in [0, 0.05) is 15.9 Å². The van der Waals surface area contributed by atoms with Crippen molar-refractivity contribution in [3.8, 4) is 5.75 Å². The molecule has 0 aliphatic heterocycles. The monoisotopic (exact) mass is 560 g/mol. The second kappa shape index (κ2) is 11.3. The van der Waals surface area contributed by atoms with Gasteiger partial charge in [-0.05, 0) is 36.4 Å². The van der Waals surface area contributed by atoms with E-state index >= 15 is 9.13 Å². The number of rotatable bonds is 8. The molecule has 3 nitrogen and oxygen atoms in total. The van der Waals surface area contributed by atoms with Crippen molar-refractivity contribution in [2.75, 3.05) is 0 Å². The van der Waals surface area contributed by atoms with Crippen LogP contribution < -0.4 is 26.0 Å². The highest BCUT2D eigenvalue weighted by Gasteiger charge is 2.42. The minimum absolute atomic E-state index is 0.369. The Hall–Kier alpha value is -3.90. The lowest BCUT2D eigenvalue weighted by Gasteiger charge is -2.32. The van der Waals surface area contributed by atoms with Crippen LogP contribution in [0.3, 0.4) is 0 Å². The molecule has 0 bridgehead atoms. The summed E-state index contributed by atoms with van der Waals surface area (Å²) in [6, 6.07) is 36.5. The van der Waals surface area contributed by atoms with E-state index in [-0.39, 0.29) is 5.66 Å². The second-order valence-corrected chi connectivity index (χ2v) is 15.6. The minimum atomic E-state index is -3.28. The molecule has 2 aliphatic rings. The highest BCUT2D eigenvalue weighted by molar-refractivity contribution is 7.85. The summed E-state index contributed by atoms with van der Waals surface area (Å²) in [6.45, 7) is 0. The van der Waals surface area contributed by atoms with Crippen LogP contribution >= 0.6 is 14.3 Å². The summed E-state index contributed by atoms with van der Waals surface area (Å²) in [7, 11) is -6.36. The molecule has 4 aromatic carbocycles. The second-order valence-electron chi connectivity index (χ2n) is 9.88. The number of para-hydroxylation sites is 1. The van der Waals surface area contributed by atoms with Gasteiger partial charge in [-0.25, -0.2) is 0 Å². The predicted octanol–water partition coefficient (Wildman–Crippen LogP) is 7.45. The zero-order valence-corrected chi connectivity index (χ0v) is 23.8. The molecule has 0 N–H and O–H groups in total. The maximum absolute atomic E-state index is 15.2. The van der Waals surface area contributed by atoms with E-state index in [2.05, 4.69) is 12.2 Å². The number of hydrogen-bond donors (Lipinski definition) is 0. The van der Waals surface area contributed by atoms with E-state index in [0.29, 0.717) is 29.7 Å². The molecule has 0 saturated heterocycles. The summed E-state index contributed by atoms with van der Waals surface area (Å²) in [4.78, 5) is 0. The Morgan fingerprint density at radius 2 is 1.15 bits per heavy atom. The number of allylic oxidation sites excluding steroid dienone is 8. The van der Waals surface area contributed by atoms with Crippen molar-refractivity contribution in [2.45, 2.75) is 18.5 Å². The van der Waals surface area contributed by atoms with Gasteiger partial charge in [0.15, 0.2) is 7.14 Å². The highest BCUT2D eigenvalue weighted by atomic mass is 31.2. The maximum atomic E-state index is 15.2. The van der Waals surface area contributed by atoms with Gasteiger partial charge in [0.25, 0.3) is 0 Å². The van der Waals surface area contributed by atoms with Crippen LogP contribution in [0, 0.1) is 0 Å². The van der Waals surface area contributed by atoms with Gasteiger partial charge in [-0.3, -0.25) is 0 Å². The van der Waals surface area contributed by atoms with Crippen LogP contribution in [0.2, 0.25) is 0 Å². The van der Waals surface area contributed by atoms with E-state index in [1.807, 2.05) is 140 Å². The molecular weight excluding hydrogens is 530 g/mol. The molecule has 2 unspecified atom stereocenters.